The number of ether oxygens (including phenoxy) is 1. The van der Waals surface area contributed by atoms with Crippen molar-refractivity contribution in [2.24, 2.45) is 11.8 Å². The molecule has 10 heteroatoms. The topological polar surface area (TPSA) is 134 Å². The summed E-state index contributed by atoms with van der Waals surface area (Å²) in [7, 11) is 0. The number of carbonyl (C=O) groups is 2. The highest BCUT2D eigenvalue weighted by Gasteiger charge is 2.29. The van der Waals surface area contributed by atoms with Crippen molar-refractivity contribution >= 4 is 29.3 Å². The van der Waals surface area contributed by atoms with Crippen LogP contribution in [0, 0.1) is 23.2 Å². The standard InChI is InChI=1S/C25H27N5O5/c1-16(2)15-34-25(32)28-19-6-3-5-18(13-19)27-22(31)17-8-10-30(11-9-17)24-20(14-26)29-23(35-24)21-7-4-12-33-21/h3-7,12-13,16-17H,8-11,15H2,1-2H3,(H,27,31)(H,28,32). The number of carbonyl (C=O) groups excluding carboxylic acids is 2. The van der Waals surface area contributed by atoms with E-state index in [1.807, 2.05) is 18.7 Å². The number of amides is 2. The van der Waals surface area contributed by atoms with Crippen molar-refractivity contribution < 1.29 is 23.2 Å². The van der Waals surface area contributed by atoms with Gasteiger partial charge in [0.05, 0.1) is 12.9 Å². The maximum absolute atomic E-state index is 12.9. The number of rotatable bonds is 7. The molecule has 10 nitrogen and oxygen atoms in total. The highest BCUT2D eigenvalue weighted by atomic mass is 16.5. The molecule has 2 N–H and O–H groups in total. The van der Waals surface area contributed by atoms with Crippen LogP contribution >= 0.6 is 0 Å². The summed E-state index contributed by atoms with van der Waals surface area (Å²) in [6, 6.07) is 12.4. The molecule has 35 heavy (non-hydrogen) atoms. The fourth-order valence-corrected chi connectivity index (χ4v) is 3.76. The highest BCUT2D eigenvalue weighted by molar-refractivity contribution is 5.94. The van der Waals surface area contributed by atoms with Crippen LogP contribution in [-0.2, 0) is 9.53 Å². The van der Waals surface area contributed by atoms with Gasteiger partial charge < -0.3 is 23.8 Å². The van der Waals surface area contributed by atoms with Gasteiger partial charge >= 0.3 is 6.09 Å². The van der Waals surface area contributed by atoms with Crippen LogP contribution in [0.3, 0.4) is 0 Å². The Morgan fingerprint density at radius 1 is 1.20 bits per heavy atom. The van der Waals surface area contributed by atoms with E-state index in [4.69, 9.17) is 13.6 Å². The molecule has 4 rings (SSSR count). The van der Waals surface area contributed by atoms with E-state index >= 15 is 0 Å². The number of furan rings is 1. The van der Waals surface area contributed by atoms with E-state index in [0.29, 0.717) is 55.6 Å². The molecule has 0 spiro atoms. The van der Waals surface area contributed by atoms with Gasteiger partial charge in [-0.3, -0.25) is 10.1 Å². The molecule has 0 atom stereocenters. The number of nitriles is 1. The molecule has 1 aliphatic heterocycles. The van der Waals surface area contributed by atoms with E-state index < -0.39 is 6.09 Å². The third-order valence-corrected chi connectivity index (χ3v) is 5.52. The maximum atomic E-state index is 12.9. The molecule has 2 aromatic heterocycles. The van der Waals surface area contributed by atoms with E-state index in [0.717, 1.165) is 0 Å². The van der Waals surface area contributed by atoms with E-state index in [1.165, 1.54) is 6.26 Å². The zero-order chi connectivity index (χ0) is 24.8. The summed E-state index contributed by atoms with van der Waals surface area (Å²) in [6.45, 7) is 5.33. The van der Waals surface area contributed by atoms with Gasteiger partial charge in [-0.1, -0.05) is 19.9 Å². The molecular formula is C25H27N5O5. The minimum atomic E-state index is -0.533. The quantitative estimate of drug-likeness (QED) is 0.492. The van der Waals surface area contributed by atoms with Crippen molar-refractivity contribution in [3.63, 3.8) is 0 Å². The monoisotopic (exact) mass is 477 g/mol. The van der Waals surface area contributed by atoms with Gasteiger partial charge in [-0.25, -0.2) is 4.79 Å². The van der Waals surface area contributed by atoms with Gasteiger partial charge in [0.1, 0.15) is 6.07 Å². The van der Waals surface area contributed by atoms with Gasteiger partial charge in [-0.2, -0.15) is 10.2 Å². The molecule has 0 aliphatic carbocycles. The average molecular weight is 478 g/mol. The first-order chi connectivity index (χ1) is 16.9. The first-order valence-corrected chi connectivity index (χ1v) is 11.5. The summed E-state index contributed by atoms with van der Waals surface area (Å²) >= 11 is 0. The second-order valence-electron chi connectivity index (χ2n) is 8.71. The number of hydrogen-bond donors (Lipinski definition) is 2. The Balaban J connectivity index is 1.32. The first-order valence-electron chi connectivity index (χ1n) is 11.5. The Morgan fingerprint density at radius 3 is 2.60 bits per heavy atom. The number of piperidine rings is 1. The predicted octanol–water partition coefficient (Wildman–Crippen LogP) is 4.87. The Morgan fingerprint density at radius 2 is 1.94 bits per heavy atom. The van der Waals surface area contributed by atoms with Crippen LogP contribution in [0.2, 0.25) is 0 Å². The van der Waals surface area contributed by atoms with E-state index in [1.54, 1.807) is 36.4 Å². The van der Waals surface area contributed by atoms with Crippen molar-refractivity contribution in [2.45, 2.75) is 26.7 Å². The van der Waals surface area contributed by atoms with Crippen LogP contribution < -0.4 is 15.5 Å². The second kappa shape index (κ2) is 10.8. The fourth-order valence-electron chi connectivity index (χ4n) is 3.76. The SMILES string of the molecule is CC(C)COC(=O)Nc1cccc(NC(=O)C2CCN(c3oc(-c4ccco4)nc3C#N)CC2)c1. The number of oxazole rings is 1. The zero-order valence-corrected chi connectivity index (χ0v) is 19.6. The lowest BCUT2D eigenvalue weighted by molar-refractivity contribution is -0.120. The van der Waals surface area contributed by atoms with E-state index in [9.17, 15) is 14.9 Å². The Kier molecular flexibility index (Phi) is 7.35. The third kappa shape index (κ3) is 6.00. The molecule has 1 fully saturated rings. The van der Waals surface area contributed by atoms with Gasteiger partial charge in [-0.05, 0) is 49.1 Å². The molecular weight excluding hydrogens is 450 g/mol. The molecule has 1 aromatic carbocycles. The van der Waals surface area contributed by atoms with Crippen molar-refractivity contribution in [2.75, 3.05) is 35.2 Å². The predicted molar refractivity (Wildman–Crippen MR) is 129 cm³/mol. The summed E-state index contributed by atoms with van der Waals surface area (Å²) in [5.41, 5.74) is 1.31. The number of aromatic nitrogens is 1. The Bertz CT molecular complexity index is 1200. The number of anilines is 3. The van der Waals surface area contributed by atoms with Gasteiger partial charge in [0.15, 0.2) is 5.76 Å². The summed E-state index contributed by atoms with van der Waals surface area (Å²) in [6.07, 6.45) is 2.16. The number of nitrogens with one attached hydrogen (secondary N) is 2. The number of nitrogens with zero attached hydrogens (tertiary/aromatic N) is 3. The van der Waals surface area contributed by atoms with Crippen LogP contribution in [0.15, 0.2) is 51.5 Å². The maximum Gasteiger partial charge on any atom is 0.411 e. The lowest BCUT2D eigenvalue weighted by Crippen LogP contribution is -2.38. The van der Waals surface area contributed by atoms with E-state index in [-0.39, 0.29) is 29.3 Å². The number of benzene rings is 1. The van der Waals surface area contributed by atoms with Crippen LogP contribution in [0.1, 0.15) is 32.4 Å². The van der Waals surface area contributed by atoms with Gasteiger partial charge in [-0.15, -0.1) is 0 Å². The normalized spacial score (nSPS) is 13.9. The molecule has 3 aromatic rings. The summed E-state index contributed by atoms with van der Waals surface area (Å²) in [4.78, 5) is 30.9. The van der Waals surface area contributed by atoms with Gasteiger partial charge in [0.25, 0.3) is 5.89 Å². The first kappa shape index (κ1) is 23.9. The Labute approximate surface area is 202 Å². The molecule has 182 valence electrons. The molecule has 2 amide bonds. The van der Waals surface area contributed by atoms with Crippen LogP contribution in [0.25, 0.3) is 11.7 Å². The number of hydrogen-bond acceptors (Lipinski definition) is 8. The molecule has 0 radical (unpaired) electrons. The smallest absolute Gasteiger partial charge is 0.411 e. The largest absolute Gasteiger partial charge is 0.459 e. The fraction of sp³-hybridized carbons (Fsp3) is 0.360. The summed E-state index contributed by atoms with van der Waals surface area (Å²) in [5.74, 6) is 1.04. The molecule has 0 bridgehead atoms. The minimum Gasteiger partial charge on any atom is -0.459 e. The highest BCUT2D eigenvalue weighted by Crippen LogP contribution is 2.31. The van der Waals surface area contributed by atoms with Gasteiger partial charge in [0.2, 0.25) is 17.5 Å². The summed E-state index contributed by atoms with van der Waals surface area (Å²) in [5, 5.41) is 15.1. The Hall–Kier alpha value is -4.26. The lowest BCUT2D eigenvalue weighted by Gasteiger charge is -2.31. The molecule has 3 heterocycles. The minimum absolute atomic E-state index is 0.0986. The van der Waals surface area contributed by atoms with Crippen molar-refractivity contribution in [3.8, 4) is 17.7 Å². The second-order valence-corrected chi connectivity index (χ2v) is 8.71. The van der Waals surface area contributed by atoms with Crippen molar-refractivity contribution in [1.29, 1.82) is 5.26 Å². The van der Waals surface area contributed by atoms with Crippen LogP contribution in [0.5, 0.6) is 0 Å². The third-order valence-electron chi connectivity index (χ3n) is 5.52. The van der Waals surface area contributed by atoms with E-state index in [2.05, 4.69) is 21.7 Å². The molecule has 1 aliphatic rings. The van der Waals surface area contributed by atoms with Crippen LogP contribution in [-0.4, -0.2) is 36.7 Å². The lowest BCUT2D eigenvalue weighted by atomic mass is 9.96. The van der Waals surface area contributed by atoms with Gasteiger partial charge in [0, 0.05) is 30.4 Å². The molecule has 1 saturated heterocycles. The van der Waals surface area contributed by atoms with Crippen molar-refractivity contribution in [3.05, 3.63) is 48.4 Å². The summed E-state index contributed by atoms with van der Waals surface area (Å²) < 4.78 is 16.2. The molecule has 0 unspecified atom stereocenters. The molecule has 0 saturated carbocycles. The van der Waals surface area contributed by atoms with Crippen molar-refractivity contribution in [1.82, 2.24) is 4.98 Å². The zero-order valence-electron chi connectivity index (χ0n) is 19.6. The van der Waals surface area contributed by atoms with Crippen LogP contribution in [0.4, 0.5) is 22.1 Å². The average Bonchev–Trinajstić information content (AvgIpc) is 3.53.